The van der Waals surface area contributed by atoms with Crippen molar-refractivity contribution in [2.75, 3.05) is 31.9 Å². The van der Waals surface area contributed by atoms with Gasteiger partial charge in [-0.25, -0.2) is 13.4 Å². The molecule has 3 aromatic carbocycles. The molecule has 0 atom stereocenters. The quantitative estimate of drug-likeness (QED) is 0.166. The molecule has 1 saturated carbocycles. The van der Waals surface area contributed by atoms with Gasteiger partial charge in [-0.2, -0.15) is 13.2 Å². The lowest BCUT2D eigenvalue weighted by Gasteiger charge is -2.37. The van der Waals surface area contributed by atoms with Crippen LogP contribution in [0.2, 0.25) is 0 Å². The van der Waals surface area contributed by atoms with Crippen LogP contribution in [0.25, 0.3) is 22.2 Å². The van der Waals surface area contributed by atoms with Crippen LogP contribution < -0.4 is 10.1 Å². The summed E-state index contributed by atoms with van der Waals surface area (Å²) in [5.74, 6) is -0.533. The molecule has 0 bridgehead atoms. The predicted molar refractivity (Wildman–Crippen MR) is 200 cm³/mol. The zero-order valence-corrected chi connectivity index (χ0v) is 31.3. The molecule has 1 aromatic heterocycles. The first-order valence-electron chi connectivity index (χ1n) is 18.7. The summed E-state index contributed by atoms with van der Waals surface area (Å²) in [5, 5.41) is 3.61. The zero-order chi connectivity index (χ0) is 37.5. The van der Waals surface area contributed by atoms with Crippen molar-refractivity contribution in [3.63, 3.8) is 0 Å². The summed E-state index contributed by atoms with van der Waals surface area (Å²) in [6, 6.07) is 18.2. The molecule has 0 radical (unpaired) electrons. The number of rotatable bonds is 11. The second-order valence-corrected chi connectivity index (χ2v) is 17.2. The largest absolute Gasteiger partial charge is 0.490 e. The van der Waals surface area contributed by atoms with Crippen molar-refractivity contribution in [1.29, 1.82) is 0 Å². The standard InChI is InChI=1S/C41H47F3N4O4S/c1-4-53(50,51)36-24-32-34(25-35(36)52-27(2)3)45-38(28-11-10-14-30(23-28)41(42,43)44)33(26-47-21-15-31(16-22-47)48-19-8-9-20-48)37(32)39(49)46-40(17-18-40)29-12-6-5-7-13-29/h5-7,10-14,23-25,27,31H,4,8-9,15-22,26H2,1-3H3,(H,46,49). The molecule has 12 heteroatoms. The van der Waals surface area contributed by atoms with Gasteiger partial charge in [-0.15, -0.1) is 0 Å². The summed E-state index contributed by atoms with van der Waals surface area (Å²) >= 11 is 0. The predicted octanol–water partition coefficient (Wildman–Crippen LogP) is 7.98. The molecule has 4 aromatic rings. The van der Waals surface area contributed by atoms with Gasteiger partial charge in [0.2, 0.25) is 0 Å². The number of carbonyl (C=O) groups excluding carboxylic acids is 1. The SMILES string of the molecule is CCS(=O)(=O)c1cc2c(C(=O)NC3(c4ccccc4)CC3)c(CN3CCC(N4CCCC4)CC3)c(-c3cccc(C(F)(F)F)c3)nc2cc1OC(C)C. The third-order valence-electron chi connectivity index (χ3n) is 10.9. The number of piperidine rings is 1. The van der Waals surface area contributed by atoms with Crippen molar-refractivity contribution >= 4 is 26.6 Å². The van der Waals surface area contributed by atoms with Crippen molar-refractivity contribution in [2.24, 2.45) is 0 Å². The molecule has 0 unspecified atom stereocenters. The second kappa shape index (κ2) is 14.7. The zero-order valence-electron chi connectivity index (χ0n) is 30.5. The van der Waals surface area contributed by atoms with Crippen LogP contribution in [-0.4, -0.2) is 73.2 Å². The number of carbonyl (C=O) groups is 1. The Labute approximate surface area is 309 Å². The van der Waals surface area contributed by atoms with Crippen molar-refractivity contribution in [3.05, 3.63) is 89.0 Å². The number of nitrogens with one attached hydrogen (secondary N) is 1. The van der Waals surface area contributed by atoms with Crippen LogP contribution in [0.4, 0.5) is 13.2 Å². The van der Waals surface area contributed by atoms with E-state index in [1.54, 1.807) is 26.8 Å². The van der Waals surface area contributed by atoms with E-state index in [0.29, 0.717) is 29.8 Å². The molecule has 282 valence electrons. The van der Waals surface area contributed by atoms with Gasteiger partial charge >= 0.3 is 6.18 Å². The van der Waals surface area contributed by atoms with Gasteiger partial charge in [0.25, 0.3) is 5.91 Å². The topological polar surface area (TPSA) is 91.8 Å². The van der Waals surface area contributed by atoms with E-state index in [4.69, 9.17) is 9.72 Å². The summed E-state index contributed by atoms with van der Waals surface area (Å²) in [6.45, 7) is 9.04. The van der Waals surface area contributed by atoms with Crippen LogP contribution in [0.1, 0.15) is 86.3 Å². The number of likely N-dealkylation sites (tertiary alicyclic amines) is 2. The molecule has 1 N–H and O–H groups in total. The van der Waals surface area contributed by atoms with Crippen LogP contribution in [-0.2, 0) is 28.1 Å². The Hall–Kier alpha value is -4.00. The summed E-state index contributed by atoms with van der Waals surface area (Å²) in [6.07, 6.45) is 0.729. The first-order chi connectivity index (χ1) is 25.3. The number of ether oxygens (including phenoxy) is 1. The highest BCUT2D eigenvalue weighted by Crippen LogP contribution is 2.46. The number of aromatic nitrogens is 1. The number of hydrogen-bond acceptors (Lipinski definition) is 7. The van der Waals surface area contributed by atoms with E-state index in [9.17, 15) is 26.4 Å². The third-order valence-corrected chi connectivity index (χ3v) is 12.7. The van der Waals surface area contributed by atoms with Crippen molar-refractivity contribution < 1.29 is 31.1 Å². The van der Waals surface area contributed by atoms with E-state index in [1.165, 1.54) is 31.0 Å². The second-order valence-electron chi connectivity index (χ2n) is 14.9. The molecular weight excluding hydrogens is 702 g/mol. The monoisotopic (exact) mass is 748 g/mol. The highest BCUT2D eigenvalue weighted by atomic mass is 32.2. The Morgan fingerprint density at radius 2 is 1.68 bits per heavy atom. The smallest absolute Gasteiger partial charge is 0.416 e. The molecule has 2 aliphatic heterocycles. The number of halogens is 3. The lowest BCUT2D eigenvalue weighted by Crippen LogP contribution is -2.43. The molecule has 1 amide bonds. The Balaban J connectivity index is 1.44. The molecular formula is C41H47F3N4O4S. The molecule has 53 heavy (non-hydrogen) atoms. The van der Waals surface area contributed by atoms with Crippen LogP contribution >= 0.6 is 0 Å². The minimum Gasteiger partial charge on any atom is -0.490 e. The van der Waals surface area contributed by atoms with Gasteiger partial charge in [-0.3, -0.25) is 9.69 Å². The maximum atomic E-state index is 15.0. The number of nitrogens with zero attached hydrogens (tertiary/aromatic N) is 3. The normalized spacial score (nSPS) is 18.5. The maximum Gasteiger partial charge on any atom is 0.416 e. The van der Waals surface area contributed by atoms with Gasteiger partial charge in [-0.05, 0) is 102 Å². The van der Waals surface area contributed by atoms with Crippen LogP contribution in [0.5, 0.6) is 5.75 Å². The number of fused-ring (bicyclic) bond motifs is 1. The molecule has 3 aliphatic rings. The van der Waals surface area contributed by atoms with Crippen molar-refractivity contribution in [2.45, 2.75) is 94.6 Å². The van der Waals surface area contributed by atoms with Gasteiger partial charge in [0.1, 0.15) is 10.6 Å². The minimum atomic E-state index is -4.60. The first-order valence-corrected chi connectivity index (χ1v) is 20.4. The van der Waals surface area contributed by atoms with E-state index in [1.807, 2.05) is 30.3 Å². The van der Waals surface area contributed by atoms with Crippen LogP contribution in [0, 0.1) is 0 Å². The maximum absolute atomic E-state index is 15.0. The van der Waals surface area contributed by atoms with Gasteiger partial charge in [-0.1, -0.05) is 49.4 Å². The first kappa shape index (κ1) is 37.3. The van der Waals surface area contributed by atoms with Crippen LogP contribution in [0.3, 0.4) is 0 Å². The number of sulfone groups is 1. The fraction of sp³-hybridized carbons (Fsp3) is 0.463. The number of hydrogen-bond donors (Lipinski definition) is 1. The number of amides is 1. The Morgan fingerprint density at radius 3 is 2.30 bits per heavy atom. The Kier molecular flexibility index (Phi) is 10.3. The number of pyridine rings is 1. The average molecular weight is 749 g/mol. The van der Waals surface area contributed by atoms with E-state index in [-0.39, 0.29) is 51.4 Å². The lowest BCUT2D eigenvalue weighted by molar-refractivity contribution is -0.137. The molecule has 0 spiro atoms. The summed E-state index contributed by atoms with van der Waals surface area (Å²) in [5.41, 5.74) is 0.931. The van der Waals surface area contributed by atoms with E-state index >= 15 is 0 Å². The minimum absolute atomic E-state index is 0.0505. The fourth-order valence-corrected chi connectivity index (χ4v) is 8.99. The molecule has 3 heterocycles. The Morgan fingerprint density at radius 1 is 0.981 bits per heavy atom. The molecule has 1 aliphatic carbocycles. The van der Waals surface area contributed by atoms with Crippen molar-refractivity contribution in [1.82, 2.24) is 20.1 Å². The van der Waals surface area contributed by atoms with Gasteiger partial charge in [0, 0.05) is 35.2 Å². The van der Waals surface area contributed by atoms with Gasteiger partial charge < -0.3 is 15.0 Å². The molecule has 7 rings (SSSR count). The summed E-state index contributed by atoms with van der Waals surface area (Å²) in [7, 11) is -3.84. The molecule has 2 saturated heterocycles. The lowest BCUT2D eigenvalue weighted by atomic mass is 9.93. The van der Waals surface area contributed by atoms with E-state index < -0.39 is 33.0 Å². The summed E-state index contributed by atoms with van der Waals surface area (Å²) in [4.78, 5) is 24.7. The van der Waals surface area contributed by atoms with Crippen LogP contribution in [0.15, 0.2) is 71.6 Å². The number of benzene rings is 3. The van der Waals surface area contributed by atoms with E-state index in [2.05, 4.69) is 15.1 Å². The van der Waals surface area contributed by atoms with Gasteiger partial charge in [0.15, 0.2) is 9.84 Å². The fourth-order valence-electron chi connectivity index (χ4n) is 7.97. The van der Waals surface area contributed by atoms with Gasteiger partial charge in [0.05, 0.1) is 39.7 Å². The highest BCUT2D eigenvalue weighted by Gasteiger charge is 2.46. The third kappa shape index (κ3) is 7.82. The molecule has 3 fully saturated rings. The summed E-state index contributed by atoms with van der Waals surface area (Å²) < 4.78 is 75.6. The number of alkyl halides is 3. The van der Waals surface area contributed by atoms with Crippen molar-refractivity contribution in [3.8, 4) is 17.0 Å². The Bertz CT molecular complexity index is 2090. The highest BCUT2D eigenvalue weighted by molar-refractivity contribution is 7.91. The average Bonchev–Trinajstić information content (AvgIpc) is 3.70. The molecule has 8 nitrogen and oxygen atoms in total. The van der Waals surface area contributed by atoms with E-state index in [0.717, 1.165) is 56.7 Å².